The molecule has 19 heavy (non-hydrogen) atoms. The molecular formula is C13H28IN3O2. The van der Waals surface area contributed by atoms with Gasteiger partial charge in [0, 0.05) is 31.2 Å². The van der Waals surface area contributed by atoms with Crippen LogP contribution in [0.4, 0.5) is 0 Å². The Labute approximate surface area is 133 Å². The van der Waals surface area contributed by atoms with E-state index in [-0.39, 0.29) is 29.5 Å². The Kier molecular flexibility index (Phi) is 9.72. The number of ether oxygens (including phenoxy) is 2. The molecule has 114 valence electrons. The average Bonchev–Trinajstić information content (AvgIpc) is 2.73. The largest absolute Gasteiger partial charge is 0.381 e. The summed E-state index contributed by atoms with van der Waals surface area (Å²) in [5, 5.41) is 3.13. The van der Waals surface area contributed by atoms with Gasteiger partial charge in [0.1, 0.15) is 0 Å². The Bertz CT molecular complexity index is 261. The topological polar surface area (TPSA) is 68.9 Å². The van der Waals surface area contributed by atoms with Gasteiger partial charge in [-0.25, -0.2) is 0 Å². The highest BCUT2D eigenvalue weighted by Gasteiger charge is 2.15. The summed E-state index contributed by atoms with van der Waals surface area (Å²) in [6, 6.07) is 0. The van der Waals surface area contributed by atoms with Crippen LogP contribution in [0.3, 0.4) is 0 Å². The van der Waals surface area contributed by atoms with Gasteiger partial charge in [0.2, 0.25) is 0 Å². The zero-order valence-corrected chi connectivity index (χ0v) is 14.6. The summed E-state index contributed by atoms with van der Waals surface area (Å²) in [4.78, 5) is 4.26. The molecule has 1 rings (SSSR count). The van der Waals surface area contributed by atoms with Crippen LogP contribution in [0.5, 0.6) is 0 Å². The second-order valence-electron chi connectivity index (χ2n) is 5.80. The minimum absolute atomic E-state index is 0. The molecule has 1 fully saturated rings. The van der Waals surface area contributed by atoms with Crippen LogP contribution < -0.4 is 11.1 Å². The number of nitrogens with one attached hydrogen (secondary N) is 1. The second kappa shape index (κ2) is 9.77. The molecule has 1 saturated heterocycles. The van der Waals surface area contributed by atoms with Gasteiger partial charge in [0.05, 0.1) is 13.2 Å². The SMILES string of the molecule is CC(C)(C)NC(N)=NCCCOCC1CCOC1.I. The smallest absolute Gasteiger partial charge is 0.188 e. The maximum absolute atomic E-state index is 5.76. The number of guanidine groups is 1. The van der Waals surface area contributed by atoms with Gasteiger partial charge < -0.3 is 20.5 Å². The van der Waals surface area contributed by atoms with Crippen molar-refractivity contribution in [2.24, 2.45) is 16.6 Å². The molecular weight excluding hydrogens is 357 g/mol. The van der Waals surface area contributed by atoms with Gasteiger partial charge in [-0.2, -0.15) is 0 Å². The Hall–Kier alpha value is -0.0800. The first-order chi connectivity index (χ1) is 8.47. The molecule has 0 aromatic heterocycles. The standard InChI is InChI=1S/C13H27N3O2.HI/c1-13(2,3)16-12(14)15-6-4-7-17-9-11-5-8-18-10-11;/h11H,4-10H2,1-3H3,(H3,14,15,16);1H. The number of rotatable bonds is 6. The van der Waals surface area contributed by atoms with Crippen molar-refractivity contribution in [3.63, 3.8) is 0 Å². The molecule has 6 heteroatoms. The third kappa shape index (κ3) is 10.4. The van der Waals surface area contributed by atoms with Crippen LogP contribution in [0.1, 0.15) is 33.6 Å². The fourth-order valence-electron chi connectivity index (χ4n) is 1.75. The van der Waals surface area contributed by atoms with Crippen molar-refractivity contribution in [2.45, 2.75) is 39.2 Å². The number of aliphatic imine (C=N–C) groups is 1. The predicted molar refractivity (Wildman–Crippen MR) is 89.2 cm³/mol. The molecule has 0 saturated carbocycles. The van der Waals surface area contributed by atoms with E-state index in [0.29, 0.717) is 18.4 Å². The lowest BCUT2D eigenvalue weighted by Gasteiger charge is -2.20. The summed E-state index contributed by atoms with van der Waals surface area (Å²) in [6.45, 7) is 10.2. The van der Waals surface area contributed by atoms with Gasteiger partial charge >= 0.3 is 0 Å². The van der Waals surface area contributed by atoms with Gasteiger partial charge in [-0.1, -0.05) is 0 Å². The highest BCUT2D eigenvalue weighted by molar-refractivity contribution is 14.0. The van der Waals surface area contributed by atoms with Crippen molar-refractivity contribution >= 4 is 29.9 Å². The maximum Gasteiger partial charge on any atom is 0.188 e. The summed E-state index contributed by atoms with van der Waals surface area (Å²) in [5.74, 6) is 1.09. The van der Waals surface area contributed by atoms with Gasteiger partial charge in [-0.05, 0) is 33.6 Å². The van der Waals surface area contributed by atoms with E-state index >= 15 is 0 Å². The molecule has 0 spiro atoms. The predicted octanol–water partition coefficient (Wildman–Crippen LogP) is 1.75. The van der Waals surface area contributed by atoms with Crippen molar-refractivity contribution in [2.75, 3.05) is 33.0 Å². The summed E-state index contributed by atoms with van der Waals surface area (Å²) >= 11 is 0. The first-order valence-electron chi connectivity index (χ1n) is 6.71. The maximum atomic E-state index is 5.76. The van der Waals surface area contributed by atoms with Gasteiger partial charge in [-0.15, -0.1) is 24.0 Å². The van der Waals surface area contributed by atoms with Crippen molar-refractivity contribution in [3.8, 4) is 0 Å². The molecule has 0 bridgehead atoms. The second-order valence-corrected chi connectivity index (χ2v) is 5.80. The van der Waals surface area contributed by atoms with Crippen molar-refractivity contribution in [1.82, 2.24) is 5.32 Å². The Morgan fingerprint density at radius 3 is 2.79 bits per heavy atom. The first kappa shape index (κ1) is 18.9. The minimum atomic E-state index is -0.0352. The van der Waals surface area contributed by atoms with E-state index in [4.69, 9.17) is 15.2 Å². The third-order valence-electron chi connectivity index (χ3n) is 2.61. The average molecular weight is 385 g/mol. The lowest BCUT2D eigenvalue weighted by atomic mass is 10.1. The molecule has 0 aromatic carbocycles. The van der Waals surface area contributed by atoms with E-state index in [9.17, 15) is 0 Å². The molecule has 1 heterocycles. The fraction of sp³-hybridized carbons (Fsp3) is 0.923. The van der Waals surface area contributed by atoms with Crippen LogP contribution in [0.2, 0.25) is 0 Å². The molecule has 0 amide bonds. The molecule has 1 unspecified atom stereocenters. The lowest BCUT2D eigenvalue weighted by Crippen LogP contribution is -2.45. The number of nitrogens with two attached hydrogens (primary N) is 1. The summed E-state index contributed by atoms with van der Waals surface area (Å²) in [5.41, 5.74) is 5.72. The van der Waals surface area contributed by atoms with Crippen LogP contribution in [0.25, 0.3) is 0 Å². The van der Waals surface area contributed by atoms with E-state index in [1.54, 1.807) is 0 Å². The Morgan fingerprint density at radius 1 is 1.47 bits per heavy atom. The molecule has 1 aliphatic rings. The number of hydrogen-bond acceptors (Lipinski definition) is 3. The number of hydrogen-bond donors (Lipinski definition) is 2. The molecule has 0 radical (unpaired) electrons. The minimum Gasteiger partial charge on any atom is -0.381 e. The van der Waals surface area contributed by atoms with Crippen molar-refractivity contribution in [1.29, 1.82) is 0 Å². The van der Waals surface area contributed by atoms with Crippen LogP contribution in [-0.2, 0) is 9.47 Å². The molecule has 0 aromatic rings. The summed E-state index contributed by atoms with van der Waals surface area (Å²) in [6.07, 6.45) is 2.03. The van der Waals surface area contributed by atoms with Gasteiger partial charge in [-0.3, -0.25) is 4.99 Å². The normalized spacial score (nSPS) is 20.2. The van der Waals surface area contributed by atoms with Gasteiger partial charge in [0.25, 0.3) is 0 Å². The zero-order valence-electron chi connectivity index (χ0n) is 12.3. The van der Waals surface area contributed by atoms with Crippen LogP contribution in [0.15, 0.2) is 4.99 Å². The number of nitrogens with zero attached hydrogens (tertiary/aromatic N) is 1. The van der Waals surface area contributed by atoms with E-state index < -0.39 is 0 Å². The van der Waals surface area contributed by atoms with E-state index in [1.165, 1.54) is 0 Å². The summed E-state index contributed by atoms with van der Waals surface area (Å²) < 4.78 is 10.9. The van der Waals surface area contributed by atoms with E-state index in [1.807, 2.05) is 0 Å². The molecule has 0 aliphatic carbocycles. The molecule has 5 nitrogen and oxygen atoms in total. The Balaban J connectivity index is 0.00000324. The van der Waals surface area contributed by atoms with Crippen LogP contribution >= 0.6 is 24.0 Å². The lowest BCUT2D eigenvalue weighted by molar-refractivity contribution is 0.0893. The molecule has 3 N–H and O–H groups in total. The van der Waals surface area contributed by atoms with Crippen molar-refractivity contribution < 1.29 is 9.47 Å². The molecule has 1 aliphatic heterocycles. The zero-order chi connectivity index (χ0) is 13.4. The van der Waals surface area contributed by atoms with Crippen molar-refractivity contribution in [3.05, 3.63) is 0 Å². The van der Waals surface area contributed by atoms with Crippen LogP contribution in [-0.4, -0.2) is 44.5 Å². The highest BCUT2D eigenvalue weighted by atomic mass is 127. The highest BCUT2D eigenvalue weighted by Crippen LogP contribution is 2.12. The van der Waals surface area contributed by atoms with E-state index in [2.05, 4.69) is 31.1 Å². The third-order valence-corrected chi connectivity index (χ3v) is 2.61. The Morgan fingerprint density at radius 2 is 2.21 bits per heavy atom. The first-order valence-corrected chi connectivity index (χ1v) is 6.71. The van der Waals surface area contributed by atoms with Crippen LogP contribution in [0, 0.1) is 5.92 Å². The van der Waals surface area contributed by atoms with E-state index in [0.717, 1.165) is 39.3 Å². The molecule has 1 atom stereocenters. The quantitative estimate of drug-likeness (QED) is 0.316. The van der Waals surface area contributed by atoms with Gasteiger partial charge in [0.15, 0.2) is 5.96 Å². The fourth-order valence-corrected chi connectivity index (χ4v) is 1.75. The monoisotopic (exact) mass is 385 g/mol. The summed E-state index contributed by atoms with van der Waals surface area (Å²) in [7, 11) is 0. The number of halogens is 1.